The second-order valence-electron chi connectivity index (χ2n) is 3.92. The van der Waals surface area contributed by atoms with Crippen LogP contribution >= 0.6 is 22.6 Å². The summed E-state index contributed by atoms with van der Waals surface area (Å²) in [6.07, 6.45) is 2.27. The van der Waals surface area contributed by atoms with Crippen molar-refractivity contribution >= 4 is 34.6 Å². The Morgan fingerprint density at radius 2 is 1.90 bits per heavy atom. The van der Waals surface area contributed by atoms with E-state index in [0.29, 0.717) is 11.3 Å². The highest BCUT2D eigenvalue weighted by Gasteiger charge is 2.05. The fourth-order valence-corrected chi connectivity index (χ4v) is 1.86. The van der Waals surface area contributed by atoms with Crippen LogP contribution in [0.15, 0.2) is 48.5 Å². The molecule has 0 bridgehead atoms. The first-order valence-electron chi connectivity index (χ1n) is 5.68. The van der Waals surface area contributed by atoms with Crippen molar-refractivity contribution in [2.24, 2.45) is 0 Å². The highest BCUT2D eigenvalue weighted by atomic mass is 127. The highest BCUT2D eigenvalue weighted by molar-refractivity contribution is 14.1. The van der Waals surface area contributed by atoms with E-state index in [1.54, 1.807) is 18.2 Å². The summed E-state index contributed by atoms with van der Waals surface area (Å²) in [6, 6.07) is 11.5. The van der Waals surface area contributed by atoms with Crippen LogP contribution in [0.5, 0.6) is 11.5 Å². The number of aliphatic carboxylic acids is 1. The molecular formula is C15H10FIO3. The minimum absolute atomic E-state index is 0.0960. The zero-order chi connectivity index (χ0) is 14.5. The van der Waals surface area contributed by atoms with Gasteiger partial charge in [-0.2, -0.15) is 0 Å². The topological polar surface area (TPSA) is 46.5 Å². The normalized spacial score (nSPS) is 10.7. The fraction of sp³-hybridized carbons (Fsp3) is 0. The van der Waals surface area contributed by atoms with E-state index in [4.69, 9.17) is 9.84 Å². The predicted octanol–water partition coefficient (Wildman–Crippen LogP) is 4.32. The van der Waals surface area contributed by atoms with E-state index in [0.717, 1.165) is 9.65 Å². The maximum atomic E-state index is 13.8. The number of ether oxygens (including phenoxy) is 1. The number of carboxylic acids is 1. The number of benzene rings is 2. The molecule has 0 aliphatic rings. The molecule has 1 N–H and O–H groups in total. The Labute approximate surface area is 128 Å². The molecule has 0 radical (unpaired) electrons. The lowest BCUT2D eigenvalue weighted by Gasteiger charge is -2.07. The van der Waals surface area contributed by atoms with Gasteiger partial charge in [-0.05, 0) is 70.6 Å². The average Bonchev–Trinajstić information content (AvgIpc) is 2.41. The molecule has 5 heteroatoms. The Hall–Kier alpha value is -1.89. The number of carbonyl (C=O) groups is 1. The standard InChI is InChI=1S/C15H10FIO3/c16-13-9-10(2-8-15(18)19)1-7-14(13)20-12-5-3-11(17)4-6-12/h1-9H,(H,18,19)/b8-2+. The van der Waals surface area contributed by atoms with Gasteiger partial charge >= 0.3 is 5.97 Å². The molecule has 3 nitrogen and oxygen atoms in total. The zero-order valence-electron chi connectivity index (χ0n) is 10.2. The van der Waals surface area contributed by atoms with Crippen LogP contribution in [0.3, 0.4) is 0 Å². The lowest BCUT2D eigenvalue weighted by atomic mass is 10.2. The molecule has 20 heavy (non-hydrogen) atoms. The number of halogens is 2. The van der Waals surface area contributed by atoms with Gasteiger partial charge in [0.25, 0.3) is 0 Å². The molecule has 0 aromatic heterocycles. The maximum absolute atomic E-state index is 13.8. The lowest BCUT2D eigenvalue weighted by Crippen LogP contribution is -1.90. The van der Waals surface area contributed by atoms with Crippen molar-refractivity contribution in [2.45, 2.75) is 0 Å². The van der Waals surface area contributed by atoms with E-state index in [1.165, 1.54) is 18.2 Å². The Morgan fingerprint density at radius 1 is 1.20 bits per heavy atom. The van der Waals surface area contributed by atoms with E-state index < -0.39 is 11.8 Å². The summed E-state index contributed by atoms with van der Waals surface area (Å²) in [5, 5.41) is 8.51. The van der Waals surface area contributed by atoms with Gasteiger partial charge < -0.3 is 9.84 Å². The Kier molecular flexibility index (Phi) is 4.73. The first kappa shape index (κ1) is 14.5. The molecule has 2 aromatic carbocycles. The molecule has 2 aromatic rings. The highest BCUT2D eigenvalue weighted by Crippen LogP contribution is 2.26. The summed E-state index contributed by atoms with van der Waals surface area (Å²) < 4.78 is 20.3. The smallest absolute Gasteiger partial charge is 0.328 e. The van der Waals surface area contributed by atoms with Gasteiger partial charge in [-0.3, -0.25) is 0 Å². The maximum Gasteiger partial charge on any atom is 0.328 e. The predicted molar refractivity (Wildman–Crippen MR) is 82.3 cm³/mol. The molecule has 0 fully saturated rings. The van der Waals surface area contributed by atoms with Crippen LogP contribution in [-0.2, 0) is 4.79 Å². The van der Waals surface area contributed by atoms with E-state index in [2.05, 4.69) is 22.6 Å². The number of carboxylic acid groups (broad SMARTS) is 1. The lowest BCUT2D eigenvalue weighted by molar-refractivity contribution is -0.131. The summed E-state index contributed by atoms with van der Waals surface area (Å²) in [5.74, 6) is -0.988. The van der Waals surface area contributed by atoms with Gasteiger partial charge in [0.2, 0.25) is 0 Å². The van der Waals surface area contributed by atoms with Crippen LogP contribution in [0.1, 0.15) is 5.56 Å². The van der Waals surface area contributed by atoms with Gasteiger partial charge in [-0.25, -0.2) is 9.18 Å². The second kappa shape index (κ2) is 6.51. The number of hydrogen-bond donors (Lipinski definition) is 1. The van der Waals surface area contributed by atoms with Crippen molar-refractivity contribution in [1.82, 2.24) is 0 Å². The minimum atomic E-state index is -1.08. The molecule has 102 valence electrons. The minimum Gasteiger partial charge on any atom is -0.478 e. The van der Waals surface area contributed by atoms with Crippen molar-refractivity contribution < 1.29 is 19.0 Å². The SMILES string of the molecule is O=C(O)/C=C/c1ccc(Oc2ccc(I)cc2)c(F)c1. The van der Waals surface area contributed by atoms with E-state index in [1.807, 2.05) is 12.1 Å². The summed E-state index contributed by atoms with van der Waals surface area (Å²) >= 11 is 2.17. The molecule has 0 unspecified atom stereocenters. The Morgan fingerprint density at radius 3 is 2.50 bits per heavy atom. The van der Waals surface area contributed by atoms with Crippen LogP contribution in [0.4, 0.5) is 4.39 Å². The molecular weight excluding hydrogens is 374 g/mol. The molecule has 0 amide bonds. The number of hydrogen-bond acceptors (Lipinski definition) is 2. The Bertz CT molecular complexity index is 651. The van der Waals surface area contributed by atoms with E-state index in [-0.39, 0.29) is 5.75 Å². The third kappa shape index (κ3) is 4.06. The quantitative estimate of drug-likeness (QED) is 0.631. The molecule has 0 heterocycles. The van der Waals surface area contributed by atoms with Gasteiger partial charge in [-0.15, -0.1) is 0 Å². The number of rotatable bonds is 4. The van der Waals surface area contributed by atoms with Gasteiger partial charge in [0.1, 0.15) is 5.75 Å². The molecule has 0 saturated carbocycles. The van der Waals surface area contributed by atoms with Gasteiger partial charge in [-0.1, -0.05) is 6.07 Å². The molecule has 2 rings (SSSR count). The summed E-state index contributed by atoms with van der Waals surface area (Å²) in [4.78, 5) is 10.4. The zero-order valence-corrected chi connectivity index (χ0v) is 12.4. The van der Waals surface area contributed by atoms with Crippen molar-refractivity contribution in [3.63, 3.8) is 0 Å². The van der Waals surface area contributed by atoms with Crippen molar-refractivity contribution in [3.05, 3.63) is 63.5 Å². The molecule has 0 spiro atoms. The molecule has 0 saturated heterocycles. The summed E-state index contributed by atoms with van der Waals surface area (Å²) in [5.41, 5.74) is 0.458. The van der Waals surface area contributed by atoms with Crippen molar-refractivity contribution in [2.75, 3.05) is 0 Å². The van der Waals surface area contributed by atoms with Crippen LogP contribution in [0.2, 0.25) is 0 Å². The van der Waals surface area contributed by atoms with Crippen LogP contribution in [0.25, 0.3) is 6.08 Å². The van der Waals surface area contributed by atoms with E-state index in [9.17, 15) is 9.18 Å². The van der Waals surface area contributed by atoms with Crippen LogP contribution in [0, 0.1) is 9.39 Å². The van der Waals surface area contributed by atoms with Gasteiger partial charge in [0.05, 0.1) is 0 Å². The largest absolute Gasteiger partial charge is 0.478 e. The van der Waals surface area contributed by atoms with Crippen LogP contribution < -0.4 is 4.74 Å². The van der Waals surface area contributed by atoms with Gasteiger partial charge in [0, 0.05) is 9.65 Å². The first-order valence-corrected chi connectivity index (χ1v) is 6.76. The second-order valence-corrected chi connectivity index (χ2v) is 5.16. The molecule has 0 aliphatic carbocycles. The van der Waals surface area contributed by atoms with Crippen molar-refractivity contribution in [3.8, 4) is 11.5 Å². The summed E-state index contributed by atoms with van der Waals surface area (Å²) in [6.45, 7) is 0. The first-order chi connectivity index (χ1) is 9.54. The molecule has 0 atom stereocenters. The fourth-order valence-electron chi connectivity index (χ4n) is 1.50. The monoisotopic (exact) mass is 384 g/mol. The average molecular weight is 384 g/mol. The summed E-state index contributed by atoms with van der Waals surface area (Å²) in [7, 11) is 0. The van der Waals surface area contributed by atoms with Gasteiger partial charge in [0.15, 0.2) is 11.6 Å². The Balaban J connectivity index is 2.17. The third-order valence-corrected chi connectivity index (χ3v) is 3.13. The third-order valence-electron chi connectivity index (χ3n) is 2.42. The van der Waals surface area contributed by atoms with Crippen LogP contribution in [-0.4, -0.2) is 11.1 Å². The van der Waals surface area contributed by atoms with Crippen molar-refractivity contribution in [1.29, 1.82) is 0 Å². The van der Waals surface area contributed by atoms with E-state index >= 15 is 0 Å². The molecule has 0 aliphatic heterocycles.